The molecule has 1 fully saturated rings. The molecule has 1 saturated heterocycles. The van der Waals surface area contributed by atoms with Gasteiger partial charge in [0.1, 0.15) is 5.60 Å². The molecule has 0 N–H and O–H groups in total. The molecule has 1 aliphatic rings. The van der Waals surface area contributed by atoms with Crippen molar-refractivity contribution in [2.45, 2.75) is 111 Å². The van der Waals surface area contributed by atoms with Crippen molar-refractivity contribution >= 4 is 20.3 Å². The molecule has 0 bridgehead atoms. The molecule has 0 aliphatic carbocycles. The third kappa shape index (κ3) is 7.18. The van der Waals surface area contributed by atoms with E-state index in [-0.39, 0.29) is 22.9 Å². The van der Waals surface area contributed by atoms with Crippen LogP contribution >= 0.6 is 0 Å². The van der Waals surface area contributed by atoms with E-state index in [0.29, 0.717) is 18.9 Å². The van der Waals surface area contributed by atoms with Crippen molar-refractivity contribution in [2.75, 3.05) is 6.61 Å². The van der Waals surface area contributed by atoms with Gasteiger partial charge in [-0.3, -0.25) is 4.79 Å². The lowest BCUT2D eigenvalue weighted by Gasteiger charge is -2.40. The fourth-order valence-electron chi connectivity index (χ4n) is 3.37. The second-order valence-corrected chi connectivity index (χ2v) is 16.0. The number of carbonyl (C=O) groups is 2. The Bertz CT molecular complexity index is 546. The van der Waals surface area contributed by atoms with Crippen LogP contribution in [0.2, 0.25) is 18.1 Å². The predicted molar refractivity (Wildman–Crippen MR) is 117 cm³/mol. The van der Waals surface area contributed by atoms with E-state index in [1.54, 1.807) is 0 Å². The largest absolute Gasteiger partial charge is 0.443 e. The fourth-order valence-corrected chi connectivity index (χ4v) is 4.39. The topological polar surface area (TPSA) is 55.8 Å². The highest BCUT2D eigenvalue weighted by atomic mass is 28.4. The third-order valence-corrected chi connectivity index (χ3v) is 10.4. The summed E-state index contributed by atoms with van der Waals surface area (Å²) in [5.74, 6) is 0.599. The lowest BCUT2D eigenvalue weighted by Crippen LogP contribution is -2.53. The number of imide groups is 1. The van der Waals surface area contributed by atoms with Crippen molar-refractivity contribution in [3.05, 3.63) is 0 Å². The molecule has 2 unspecified atom stereocenters. The number of hydrogen-bond donors (Lipinski definition) is 0. The van der Waals surface area contributed by atoms with E-state index in [2.05, 4.69) is 47.7 Å². The first-order valence-corrected chi connectivity index (χ1v) is 13.6. The third-order valence-electron chi connectivity index (χ3n) is 5.90. The summed E-state index contributed by atoms with van der Waals surface area (Å²) in [5.41, 5.74) is -0.637. The molecule has 0 aromatic rings. The van der Waals surface area contributed by atoms with Crippen LogP contribution in [0.4, 0.5) is 4.79 Å². The van der Waals surface area contributed by atoms with Crippen molar-refractivity contribution in [1.82, 2.24) is 4.90 Å². The first-order valence-electron chi connectivity index (χ1n) is 10.7. The molecule has 1 heterocycles. The van der Waals surface area contributed by atoms with E-state index in [9.17, 15) is 9.59 Å². The van der Waals surface area contributed by atoms with Crippen LogP contribution in [0, 0.1) is 11.8 Å². The Morgan fingerprint density at radius 1 is 1.18 bits per heavy atom. The maximum Gasteiger partial charge on any atom is 0.417 e. The molecule has 0 aromatic carbocycles. The number of hydrogen-bond acceptors (Lipinski definition) is 4. The Kier molecular flexibility index (Phi) is 8.34. The maximum atomic E-state index is 13.0. The highest BCUT2D eigenvalue weighted by molar-refractivity contribution is 6.74. The first-order chi connectivity index (χ1) is 12.5. The summed E-state index contributed by atoms with van der Waals surface area (Å²) < 4.78 is 12.1. The van der Waals surface area contributed by atoms with Crippen molar-refractivity contribution in [3.63, 3.8) is 0 Å². The lowest BCUT2D eigenvalue weighted by molar-refractivity contribution is -0.133. The monoisotopic (exact) mass is 413 g/mol. The normalized spacial score (nSPS) is 22.4. The van der Waals surface area contributed by atoms with Gasteiger partial charge >= 0.3 is 6.09 Å². The van der Waals surface area contributed by atoms with E-state index in [4.69, 9.17) is 9.16 Å². The Labute approximate surface area is 173 Å². The molecular weight excluding hydrogens is 370 g/mol. The van der Waals surface area contributed by atoms with Gasteiger partial charge in [0.2, 0.25) is 5.91 Å². The van der Waals surface area contributed by atoms with Crippen molar-refractivity contribution in [2.24, 2.45) is 11.8 Å². The van der Waals surface area contributed by atoms with Gasteiger partial charge in [-0.1, -0.05) is 34.6 Å². The van der Waals surface area contributed by atoms with E-state index in [1.807, 2.05) is 20.8 Å². The number of carbonyl (C=O) groups excluding carboxylic acids is 2. The Morgan fingerprint density at radius 2 is 1.75 bits per heavy atom. The van der Waals surface area contributed by atoms with Gasteiger partial charge < -0.3 is 9.16 Å². The smallest absolute Gasteiger partial charge is 0.417 e. The minimum Gasteiger partial charge on any atom is -0.443 e. The van der Waals surface area contributed by atoms with Gasteiger partial charge in [0.05, 0.1) is 12.6 Å². The zero-order valence-corrected chi connectivity index (χ0v) is 20.8. The quantitative estimate of drug-likeness (QED) is 0.520. The SMILES string of the molecule is CC(C)CC1CCCC(=O)N(C(=O)OC(C)(C)C)C1CO[Si](C)(C)C(C)(C)C. The second kappa shape index (κ2) is 9.29. The Morgan fingerprint density at radius 3 is 2.21 bits per heavy atom. The average molecular weight is 414 g/mol. The van der Waals surface area contributed by atoms with E-state index in [0.717, 1.165) is 19.3 Å². The average Bonchev–Trinajstić information content (AvgIpc) is 2.60. The van der Waals surface area contributed by atoms with E-state index < -0.39 is 20.0 Å². The lowest BCUT2D eigenvalue weighted by atomic mass is 9.87. The molecule has 0 spiro atoms. The molecule has 164 valence electrons. The first kappa shape index (κ1) is 25.2. The van der Waals surface area contributed by atoms with Crippen LogP contribution in [0.1, 0.15) is 81.1 Å². The van der Waals surface area contributed by atoms with E-state index >= 15 is 0 Å². The van der Waals surface area contributed by atoms with Gasteiger partial charge in [0.15, 0.2) is 8.32 Å². The molecule has 28 heavy (non-hydrogen) atoms. The van der Waals surface area contributed by atoms with Crippen LogP contribution in [0.25, 0.3) is 0 Å². The molecule has 6 heteroatoms. The summed E-state index contributed by atoms with van der Waals surface area (Å²) in [6.07, 6.45) is 2.58. The van der Waals surface area contributed by atoms with Crippen LogP contribution < -0.4 is 0 Å². The van der Waals surface area contributed by atoms with Crippen LogP contribution in [0.5, 0.6) is 0 Å². The summed E-state index contributed by atoms with van der Waals surface area (Å²) in [4.78, 5) is 27.3. The summed E-state index contributed by atoms with van der Waals surface area (Å²) >= 11 is 0. The highest BCUT2D eigenvalue weighted by Gasteiger charge is 2.43. The van der Waals surface area contributed by atoms with Crippen molar-refractivity contribution in [1.29, 1.82) is 0 Å². The van der Waals surface area contributed by atoms with E-state index in [1.165, 1.54) is 4.90 Å². The number of nitrogens with zero attached hydrogens (tertiary/aromatic N) is 1. The van der Waals surface area contributed by atoms with Gasteiger partial charge in [-0.15, -0.1) is 0 Å². The molecule has 0 radical (unpaired) electrons. The predicted octanol–water partition coefficient (Wildman–Crippen LogP) is 5.99. The molecule has 1 aliphatic heterocycles. The zero-order chi connectivity index (χ0) is 21.9. The van der Waals surface area contributed by atoms with Crippen molar-refractivity contribution < 1.29 is 18.8 Å². The Hall–Kier alpha value is -0.883. The van der Waals surface area contributed by atoms with Crippen LogP contribution in [0.3, 0.4) is 0 Å². The molecule has 0 aromatic heterocycles. The van der Waals surface area contributed by atoms with Gasteiger partial charge in [-0.25, -0.2) is 9.69 Å². The molecular formula is C22H43NO4Si. The molecule has 0 saturated carbocycles. The number of rotatable bonds is 5. The second-order valence-electron chi connectivity index (χ2n) is 11.2. The standard InChI is InChI=1S/C22H43NO4Si/c1-16(2)14-17-12-11-13-19(24)23(20(25)27-21(3,4)5)18(17)15-26-28(9,10)22(6,7)8/h16-18H,11-15H2,1-10H3. The van der Waals surface area contributed by atoms with Gasteiger partial charge in [0.25, 0.3) is 0 Å². The summed E-state index contributed by atoms with van der Waals surface area (Å²) in [7, 11) is -2.00. The van der Waals surface area contributed by atoms with Crippen LogP contribution in [-0.4, -0.2) is 43.5 Å². The minimum atomic E-state index is -2.00. The summed E-state index contributed by atoms with van der Waals surface area (Å²) in [5, 5.41) is 0.0754. The minimum absolute atomic E-state index is 0.0754. The number of ether oxygens (including phenoxy) is 1. The van der Waals surface area contributed by atoms with Crippen molar-refractivity contribution in [3.8, 4) is 0 Å². The fraction of sp³-hybridized carbons (Fsp3) is 0.909. The highest BCUT2D eigenvalue weighted by Crippen LogP contribution is 2.38. The number of amides is 2. The van der Waals surface area contributed by atoms with Gasteiger partial charge in [-0.2, -0.15) is 0 Å². The van der Waals surface area contributed by atoms with Gasteiger partial charge in [0, 0.05) is 6.42 Å². The molecule has 2 amide bonds. The van der Waals surface area contributed by atoms with Crippen LogP contribution in [0.15, 0.2) is 0 Å². The zero-order valence-electron chi connectivity index (χ0n) is 19.8. The Balaban J connectivity index is 3.20. The van der Waals surface area contributed by atoms with Gasteiger partial charge in [-0.05, 0) is 70.0 Å². The van der Waals surface area contributed by atoms with Crippen LogP contribution in [-0.2, 0) is 14.0 Å². The summed E-state index contributed by atoms with van der Waals surface area (Å²) in [6, 6.07) is -0.263. The molecule has 5 nitrogen and oxygen atoms in total. The molecule has 2 atom stereocenters. The summed E-state index contributed by atoms with van der Waals surface area (Å²) in [6.45, 7) is 21.3. The number of likely N-dealkylation sites (tertiary alicyclic amines) is 1. The molecule has 1 rings (SSSR count). The maximum absolute atomic E-state index is 13.0.